The van der Waals surface area contributed by atoms with Gasteiger partial charge in [-0.05, 0) is 13.3 Å². The summed E-state index contributed by atoms with van der Waals surface area (Å²) < 4.78 is 4.94. The van der Waals surface area contributed by atoms with Gasteiger partial charge in [0.25, 0.3) is 0 Å². The molecule has 0 saturated carbocycles. The molecule has 0 spiro atoms. The number of hydrogen-bond donors (Lipinski definition) is 1. The molecular formula is C13H20O4. The van der Waals surface area contributed by atoms with Crippen molar-refractivity contribution in [1.82, 2.24) is 0 Å². The van der Waals surface area contributed by atoms with Crippen molar-refractivity contribution < 1.29 is 19.4 Å². The second kappa shape index (κ2) is 8.56. The highest BCUT2D eigenvalue weighted by Gasteiger charge is 2.13. The molecule has 0 atom stereocenters. The standard InChI is InChI=1S/C13H20O4/c1-4-6-7-8-9-11(10(3)13(15)16)17-12(14)5-2/h5H,2,4,6-9H2,1,3H3,(H,15,16). The molecule has 0 rings (SSSR count). The summed E-state index contributed by atoms with van der Waals surface area (Å²) in [6, 6.07) is 0. The van der Waals surface area contributed by atoms with E-state index in [2.05, 4.69) is 13.5 Å². The molecule has 0 aliphatic heterocycles. The summed E-state index contributed by atoms with van der Waals surface area (Å²) in [5, 5.41) is 8.87. The predicted octanol–water partition coefficient (Wildman–Crippen LogP) is 3.04. The Morgan fingerprint density at radius 1 is 1.29 bits per heavy atom. The lowest BCUT2D eigenvalue weighted by molar-refractivity contribution is -0.135. The van der Waals surface area contributed by atoms with Crippen LogP contribution in [0.25, 0.3) is 0 Å². The van der Waals surface area contributed by atoms with Gasteiger partial charge in [-0.15, -0.1) is 0 Å². The monoisotopic (exact) mass is 240 g/mol. The predicted molar refractivity (Wildman–Crippen MR) is 65.4 cm³/mol. The highest BCUT2D eigenvalue weighted by atomic mass is 16.5. The summed E-state index contributed by atoms with van der Waals surface area (Å²) in [4.78, 5) is 21.9. The molecule has 0 aliphatic rings. The Morgan fingerprint density at radius 2 is 1.94 bits per heavy atom. The average Bonchev–Trinajstić information content (AvgIpc) is 2.31. The maximum atomic E-state index is 11.1. The third kappa shape index (κ3) is 6.56. The first-order valence-electron chi connectivity index (χ1n) is 5.80. The van der Waals surface area contributed by atoms with Crippen LogP contribution in [0.1, 0.15) is 46.0 Å². The van der Waals surface area contributed by atoms with Crippen molar-refractivity contribution in [3.63, 3.8) is 0 Å². The first-order valence-corrected chi connectivity index (χ1v) is 5.80. The zero-order valence-corrected chi connectivity index (χ0v) is 10.5. The Morgan fingerprint density at radius 3 is 2.41 bits per heavy atom. The first kappa shape index (κ1) is 15.4. The summed E-state index contributed by atoms with van der Waals surface area (Å²) >= 11 is 0. The molecule has 0 heterocycles. The molecule has 96 valence electrons. The highest BCUT2D eigenvalue weighted by molar-refractivity contribution is 5.88. The van der Waals surface area contributed by atoms with Gasteiger partial charge in [0.15, 0.2) is 0 Å². The zero-order valence-electron chi connectivity index (χ0n) is 10.5. The Balaban J connectivity index is 4.52. The van der Waals surface area contributed by atoms with E-state index >= 15 is 0 Å². The quantitative estimate of drug-likeness (QED) is 0.306. The fraction of sp³-hybridized carbons (Fsp3) is 0.538. The van der Waals surface area contributed by atoms with E-state index in [1.54, 1.807) is 0 Å². The van der Waals surface area contributed by atoms with Gasteiger partial charge in [0.2, 0.25) is 0 Å². The van der Waals surface area contributed by atoms with Gasteiger partial charge in [0, 0.05) is 12.5 Å². The molecule has 4 nitrogen and oxygen atoms in total. The number of carbonyl (C=O) groups is 2. The maximum absolute atomic E-state index is 11.1. The number of rotatable bonds is 8. The maximum Gasteiger partial charge on any atom is 0.335 e. The molecule has 0 aliphatic carbocycles. The second-order valence-corrected chi connectivity index (χ2v) is 3.79. The van der Waals surface area contributed by atoms with Crippen LogP contribution in [0.4, 0.5) is 0 Å². The number of aliphatic carboxylic acids is 1. The van der Waals surface area contributed by atoms with Gasteiger partial charge in [-0.3, -0.25) is 0 Å². The van der Waals surface area contributed by atoms with Gasteiger partial charge in [0.1, 0.15) is 5.76 Å². The topological polar surface area (TPSA) is 63.6 Å². The molecule has 0 amide bonds. The number of carboxylic acid groups (broad SMARTS) is 1. The third-order valence-electron chi connectivity index (χ3n) is 2.39. The molecular weight excluding hydrogens is 220 g/mol. The summed E-state index contributed by atoms with van der Waals surface area (Å²) in [6.45, 7) is 6.82. The largest absolute Gasteiger partial charge is 0.478 e. The zero-order chi connectivity index (χ0) is 13.3. The normalized spacial score (nSPS) is 11.6. The summed E-state index contributed by atoms with van der Waals surface area (Å²) in [6.07, 6.45) is 5.51. The number of esters is 1. The minimum atomic E-state index is -1.06. The molecule has 0 aromatic heterocycles. The van der Waals surface area contributed by atoms with Crippen LogP contribution in [-0.2, 0) is 14.3 Å². The average molecular weight is 240 g/mol. The lowest BCUT2D eigenvalue weighted by atomic mass is 10.1. The Kier molecular flexibility index (Phi) is 7.76. The van der Waals surface area contributed by atoms with Crippen LogP contribution in [0.15, 0.2) is 24.0 Å². The van der Waals surface area contributed by atoms with E-state index in [0.29, 0.717) is 6.42 Å². The van der Waals surface area contributed by atoms with Crippen molar-refractivity contribution in [3.8, 4) is 0 Å². The summed E-state index contributed by atoms with van der Waals surface area (Å²) in [5.41, 5.74) is 0.0803. The van der Waals surface area contributed by atoms with Crippen LogP contribution in [0.3, 0.4) is 0 Å². The van der Waals surface area contributed by atoms with E-state index in [4.69, 9.17) is 9.84 Å². The van der Waals surface area contributed by atoms with Crippen LogP contribution in [-0.4, -0.2) is 17.0 Å². The van der Waals surface area contributed by atoms with Gasteiger partial charge in [-0.2, -0.15) is 0 Å². The van der Waals surface area contributed by atoms with Gasteiger partial charge < -0.3 is 9.84 Å². The van der Waals surface area contributed by atoms with Crippen LogP contribution >= 0.6 is 0 Å². The summed E-state index contributed by atoms with van der Waals surface area (Å²) in [5.74, 6) is -1.44. The van der Waals surface area contributed by atoms with Crippen molar-refractivity contribution in [2.24, 2.45) is 0 Å². The van der Waals surface area contributed by atoms with Gasteiger partial charge in [0.05, 0.1) is 5.57 Å². The Hall–Kier alpha value is -1.58. The number of hydrogen-bond acceptors (Lipinski definition) is 3. The number of carboxylic acids is 1. The second-order valence-electron chi connectivity index (χ2n) is 3.79. The van der Waals surface area contributed by atoms with Crippen LogP contribution in [0.5, 0.6) is 0 Å². The number of ether oxygens (including phenoxy) is 1. The van der Waals surface area contributed by atoms with Gasteiger partial charge in [-0.25, -0.2) is 9.59 Å². The SMILES string of the molecule is C=CC(=O)OC(CCCCCC)=C(C)C(=O)O. The van der Waals surface area contributed by atoms with E-state index in [-0.39, 0.29) is 11.3 Å². The van der Waals surface area contributed by atoms with Crippen molar-refractivity contribution in [2.45, 2.75) is 46.0 Å². The molecule has 1 N–H and O–H groups in total. The van der Waals surface area contributed by atoms with Crippen molar-refractivity contribution in [1.29, 1.82) is 0 Å². The van der Waals surface area contributed by atoms with Crippen molar-refractivity contribution in [2.75, 3.05) is 0 Å². The third-order valence-corrected chi connectivity index (χ3v) is 2.39. The molecule has 0 unspecified atom stereocenters. The fourth-order valence-electron chi connectivity index (χ4n) is 1.31. The molecule has 17 heavy (non-hydrogen) atoms. The first-order chi connectivity index (χ1) is 8.02. The van der Waals surface area contributed by atoms with Crippen LogP contribution < -0.4 is 0 Å². The molecule has 0 saturated heterocycles. The van der Waals surface area contributed by atoms with Gasteiger partial charge in [-0.1, -0.05) is 32.8 Å². The van der Waals surface area contributed by atoms with Gasteiger partial charge >= 0.3 is 11.9 Å². The lowest BCUT2D eigenvalue weighted by Gasteiger charge is -2.09. The number of allylic oxidation sites excluding steroid dienone is 1. The van der Waals surface area contributed by atoms with E-state index in [1.807, 2.05) is 0 Å². The molecule has 0 aromatic carbocycles. The van der Waals surface area contributed by atoms with E-state index < -0.39 is 11.9 Å². The number of unbranched alkanes of at least 4 members (excludes halogenated alkanes) is 3. The number of carbonyl (C=O) groups excluding carboxylic acids is 1. The molecule has 0 fully saturated rings. The minimum Gasteiger partial charge on any atom is -0.478 e. The molecule has 0 aromatic rings. The minimum absolute atomic E-state index is 0.0803. The highest BCUT2D eigenvalue weighted by Crippen LogP contribution is 2.16. The Labute approximate surface area is 102 Å². The van der Waals surface area contributed by atoms with E-state index in [9.17, 15) is 9.59 Å². The Bertz CT molecular complexity index is 315. The van der Waals surface area contributed by atoms with Crippen molar-refractivity contribution >= 4 is 11.9 Å². The molecule has 4 heteroatoms. The van der Waals surface area contributed by atoms with E-state index in [1.165, 1.54) is 6.92 Å². The summed E-state index contributed by atoms with van der Waals surface area (Å²) in [7, 11) is 0. The van der Waals surface area contributed by atoms with E-state index in [0.717, 1.165) is 31.8 Å². The van der Waals surface area contributed by atoms with Crippen LogP contribution in [0.2, 0.25) is 0 Å². The lowest BCUT2D eigenvalue weighted by Crippen LogP contribution is -2.08. The van der Waals surface area contributed by atoms with Crippen LogP contribution in [0, 0.1) is 0 Å². The fourth-order valence-corrected chi connectivity index (χ4v) is 1.31. The molecule has 0 radical (unpaired) electrons. The van der Waals surface area contributed by atoms with Crippen molar-refractivity contribution in [3.05, 3.63) is 24.0 Å². The smallest absolute Gasteiger partial charge is 0.335 e. The molecule has 0 bridgehead atoms.